The summed E-state index contributed by atoms with van der Waals surface area (Å²) in [6.07, 6.45) is 3.70. The zero-order chi connectivity index (χ0) is 29.2. The Hall–Kier alpha value is -4.17. The number of halogens is 1. The lowest BCUT2D eigenvalue weighted by Gasteiger charge is -2.28. The molecule has 0 atom stereocenters. The van der Waals surface area contributed by atoms with E-state index in [-0.39, 0.29) is 47.0 Å². The van der Waals surface area contributed by atoms with E-state index >= 15 is 0 Å². The Morgan fingerprint density at radius 1 is 0.878 bits per heavy atom. The van der Waals surface area contributed by atoms with E-state index in [0.29, 0.717) is 23.4 Å². The summed E-state index contributed by atoms with van der Waals surface area (Å²) in [4.78, 5) is 29.2. The third kappa shape index (κ3) is 7.32. The molecule has 0 saturated heterocycles. The third-order valence-electron chi connectivity index (χ3n) is 6.79. The predicted molar refractivity (Wildman–Crippen MR) is 163 cm³/mol. The van der Waals surface area contributed by atoms with Gasteiger partial charge in [0.25, 0.3) is 5.69 Å². The van der Waals surface area contributed by atoms with Crippen LogP contribution in [0.4, 0.5) is 11.4 Å². The van der Waals surface area contributed by atoms with Crippen LogP contribution in [0, 0.1) is 10.1 Å². The number of benzene rings is 3. The summed E-state index contributed by atoms with van der Waals surface area (Å²) in [5.74, 6) is 0.116. The van der Waals surface area contributed by atoms with Gasteiger partial charge in [-0.1, -0.05) is 71.9 Å². The van der Waals surface area contributed by atoms with Gasteiger partial charge in [0, 0.05) is 41.2 Å². The van der Waals surface area contributed by atoms with Crippen molar-refractivity contribution in [2.45, 2.75) is 65.5 Å². The van der Waals surface area contributed by atoms with Crippen LogP contribution in [-0.2, 0) is 23.9 Å². The number of rotatable bonds is 7. The summed E-state index contributed by atoms with van der Waals surface area (Å²) in [6, 6.07) is 19.5. The van der Waals surface area contributed by atoms with Crippen molar-refractivity contribution in [1.82, 2.24) is 9.13 Å². The minimum Gasteiger partial charge on any atom is -0.507 e. The maximum atomic E-state index is 13.7. The smallest absolute Gasteiger partial charge is 0.269 e. The lowest BCUT2D eigenvalue weighted by Crippen LogP contribution is -2.29. The van der Waals surface area contributed by atoms with Crippen molar-refractivity contribution >= 4 is 29.6 Å². The molecule has 0 bridgehead atoms. The van der Waals surface area contributed by atoms with Crippen molar-refractivity contribution in [3.05, 3.63) is 117 Å². The van der Waals surface area contributed by atoms with Crippen molar-refractivity contribution in [2.24, 2.45) is 4.99 Å². The Labute approximate surface area is 246 Å². The van der Waals surface area contributed by atoms with Crippen LogP contribution in [0.5, 0.6) is 5.75 Å². The highest BCUT2D eigenvalue weighted by atomic mass is 35.5. The van der Waals surface area contributed by atoms with Crippen LogP contribution in [0.15, 0.2) is 84.1 Å². The van der Waals surface area contributed by atoms with Crippen molar-refractivity contribution in [2.75, 3.05) is 0 Å². The summed E-state index contributed by atoms with van der Waals surface area (Å²) in [6.45, 7) is 12.7. The molecular weight excluding hydrogens is 540 g/mol. The second kappa shape index (κ2) is 12.1. The predicted octanol–water partition coefficient (Wildman–Crippen LogP) is 7.08. The van der Waals surface area contributed by atoms with Crippen molar-refractivity contribution in [3.8, 4) is 5.75 Å². The molecule has 0 saturated carbocycles. The molecule has 41 heavy (non-hydrogen) atoms. The highest BCUT2D eigenvalue weighted by Gasteiger charge is 2.28. The minimum absolute atomic E-state index is 0. The molecule has 0 aliphatic rings. The molecule has 0 spiro atoms. The van der Waals surface area contributed by atoms with E-state index in [1.807, 2.05) is 88.8 Å². The molecule has 0 aliphatic carbocycles. The van der Waals surface area contributed by atoms with Gasteiger partial charge in [0.15, 0.2) is 5.78 Å². The molecule has 3 aromatic carbocycles. The first kappa shape index (κ1) is 31.4. The van der Waals surface area contributed by atoms with E-state index in [0.717, 1.165) is 16.7 Å². The lowest BCUT2D eigenvalue weighted by atomic mass is 9.78. The van der Waals surface area contributed by atoms with Gasteiger partial charge in [-0.05, 0) is 40.7 Å². The Bertz CT molecular complexity index is 1570. The molecule has 8 nitrogen and oxygen atoms in total. The fourth-order valence-electron chi connectivity index (χ4n) is 4.56. The number of aromatic hydroxyl groups is 1. The van der Waals surface area contributed by atoms with E-state index in [2.05, 4.69) is 0 Å². The number of nitro benzene ring substituents is 1. The van der Waals surface area contributed by atoms with Gasteiger partial charge >= 0.3 is 0 Å². The molecule has 0 unspecified atom stereocenters. The number of carbonyl (C=O) groups excluding carboxylic acids is 1. The number of hydrogen-bond acceptors (Lipinski definition) is 5. The van der Waals surface area contributed by atoms with Crippen LogP contribution in [0.3, 0.4) is 0 Å². The van der Waals surface area contributed by atoms with Crippen molar-refractivity contribution in [1.29, 1.82) is 0 Å². The first-order valence-electron chi connectivity index (χ1n) is 13.2. The zero-order valence-electron chi connectivity index (χ0n) is 24.3. The number of aromatic nitrogens is 2. The van der Waals surface area contributed by atoms with Gasteiger partial charge in [-0.25, -0.2) is 4.99 Å². The Balaban J connectivity index is 0.00000462. The number of imidazole rings is 1. The Morgan fingerprint density at radius 3 is 1.93 bits per heavy atom. The molecule has 1 N–H and O–H groups in total. The number of non-ortho nitro benzene ring substituents is 1. The molecule has 0 amide bonds. The first-order valence-corrected chi connectivity index (χ1v) is 13.2. The topological polar surface area (TPSA) is 103 Å². The monoisotopic (exact) mass is 576 g/mol. The fourth-order valence-corrected chi connectivity index (χ4v) is 4.56. The van der Waals surface area contributed by atoms with Gasteiger partial charge in [-0.3, -0.25) is 14.9 Å². The summed E-state index contributed by atoms with van der Waals surface area (Å²) < 4.78 is 3.73. The highest BCUT2D eigenvalue weighted by molar-refractivity contribution is 5.96. The normalized spacial score (nSPS) is 12.2. The minimum atomic E-state index is -0.448. The van der Waals surface area contributed by atoms with Gasteiger partial charge in [-0.2, -0.15) is 0 Å². The van der Waals surface area contributed by atoms with Gasteiger partial charge < -0.3 is 14.2 Å². The molecule has 0 fully saturated rings. The molecular formula is C32H37ClN4O4. The first-order chi connectivity index (χ1) is 18.7. The number of phenolic OH excluding ortho intramolecular Hbond substituents is 1. The van der Waals surface area contributed by atoms with Gasteiger partial charge in [0.1, 0.15) is 5.75 Å². The second-order valence-corrected chi connectivity index (χ2v) is 12.1. The Kier molecular flexibility index (Phi) is 9.29. The average Bonchev–Trinajstić information content (AvgIpc) is 3.23. The summed E-state index contributed by atoms with van der Waals surface area (Å²) in [5.41, 5.74) is 3.39. The van der Waals surface area contributed by atoms with Gasteiger partial charge in [-0.15, -0.1) is 12.4 Å². The van der Waals surface area contributed by atoms with E-state index in [4.69, 9.17) is 4.99 Å². The molecule has 0 aliphatic heterocycles. The van der Waals surface area contributed by atoms with E-state index in [1.165, 1.54) is 12.1 Å². The molecule has 1 heterocycles. The largest absolute Gasteiger partial charge is 0.507 e. The van der Waals surface area contributed by atoms with Crippen LogP contribution in [0.2, 0.25) is 0 Å². The van der Waals surface area contributed by atoms with E-state index < -0.39 is 4.92 Å². The molecule has 4 aromatic rings. The third-order valence-corrected chi connectivity index (χ3v) is 6.79. The number of nitrogens with zero attached hydrogens (tertiary/aromatic N) is 4. The number of phenols is 1. The van der Waals surface area contributed by atoms with Gasteiger partial charge in [0.05, 0.1) is 23.7 Å². The molecule has 0 radical (unpaired) electrons. The maximum Gasteiger partial charge on any atom is 0.269 e. The summed E-state index contributed by atoms with van der Waals surface area (Å²) in [5, 5.41) is 22.2. The lowest BCUT2D eigenvalue weighted by molar-refractivity contribution is -0.384. The molecule has 4 rings (SSSR count). The molecule has 216 valence electrons. The van der Waals surface area contributed by atoms with Crippen molar-refractivity contribution in [3.63, 3.8) is 0 Å². The molecule has 9 heteroatoms. The number of ketones is 1. The Morgan fingerprint density at radius 2 is 1.41 bits per heavy atom. The summed E-state index contributed by atoms with van der Waals surface area (Å²) in [7, 11) is 0. The van der Waals surface area contributed by atoms with Crippen LogP contribution < -0.4 is 5.62 Å². The number of Topliss-reactive ketones (excluding diaryl/α,β-unsaturated/α-hetero) is 1. The van der Waals surface area contributed by atoms with E-state index in [9.17, 15) is 20.0 Å². The van der Waals surface area contributed by atoms with Crippen LogP contribution in [0.25, 0.3) is 0 Å². The number of nitro groups is 1. The second-order valence-electron chi connectivity index (χ2n) is 12.1. The van der Waals surface area contributed by atoms with Crippen LogP contribution in [-0.4, -0.2) is 24.9 Å². The quantitative estimate of drug-likeness (QED) is 0.144. The standard InChI is InChI=1S/C32H36N4O4.ClH/c1-31(2,3)26-18-23(19-27(29(26)38)32(4,5)6)28(37)21-35-17-16-34(20-22-10-8-7-9-11-22)30(35)33-24-12-14-25(15-13-24)36(39)40;/h7-19,38H,20-21H2,1-6H3;1H/b33-30+;. The van der Waals surface area contributed by atoms with Gasteiger partial charge in [0.2, 0.25) is 5.62 Å². The molecule has 1 aromatic heterocycles. The average molecular weight is 577 g/mol. The van der Waals surface area contributed by atoms with Crippen LogP contribution >= 0.6 is 12.4 Å². The number of hydrogen-bond donors (Lipinski definition) is 1. The van der Waals surface area contributed by atoms with Crippen molar-refractivity contribution < 1.29 is 14.8 Å². The highest BCUT2D eigenvalue weighted by Crippen LogP contribution is 2.40. The zero-order valence-corrected chi connectivity index (χ0v) is 25.1. The maximum absolute atomic E-state index is 13.7. The summed E-state index contributed by atoms with van der Waals surface area (Å²) >= 11 is 0. The fraction of sp³-hybridized carbons (Fsp3) is 0.312. The SMILES string of the molecule is CC(C)(C)c1cc(C(=O)Cn2ccn(Cc3ccccc3)/c2=N\c2ccc([N+](=O)[O-])cc2)cc(C(C)(C)C)c1O.Cl. The van der Waals surface area contributed by atoms with E-state index in [1.54, 1.807) is 28.8 Å². The number of carbonyl (C=O) groups is 1. The van der Waals surface area contributed by atoms with Crippen LogP contribution in [0.1, 0.15) is 68.6 Å².